The molecule has 2 heterocycles. The van der Waals surface area contributed by atoms with E-state index in [9.17, 15) is 0 Å². The molecule has 0 spiro atoms. The Hall–Kier alpha value is -7.50. The van der Waals surface area contributed by atoms with Gasteiger partial charge in [-0.2, -0.15) is 0 Å². The molecule has 0 aliphatic heterocycles. The average molecular weight is 777 g/mol. The minimum absolute atomic E-state index is 0.294. The molecule has 5 heteroatoms. The van der Waals surface area contributed by atoms with Crippen molar-refractivity contribution in [2.75, 3.05) is 0 Å². The molecule has 0 amide bonds. The highest BCUT2D eigenvalue weighted by atomic mass is 19.1. The maximum Gasteiger partial charge on any atom is 0.164 e. The standard InChI is InChI=1S/C55H41FN4/c1-34-25-35(2)28-43(27-34)40-19-22-47-48-23-20-41(44-29-36(3)26-37(4)30-44)32-51(48)60(50(47)31-40)52-33-42(21-24-46(52)45-17-11-12-18-49(45)56)55-58-53(38-13-7-5-8-14-38)57-54(59-55)39-15-9-6-10-16-39/h5-33H,1-4H3. The third-order valence-corrected chi connectivity index (χ3v) is 11.2. The number of hydrogen-bond acceptors (Lipinski definition) is 3. The lowest BCUT2D eigenvalue weighted by atomic mass is 9.98. The molecule has 0 aliphatic rings. The quantitative estimate of drug-likeness (QED) is 0.162. The molecule has 0 bridgehead atoms. The van der Waals surface area contributed by atoms with E-state index in [2.05, 4.69) is 111 Å². The summed E-state index contributed by atoms with van der Waals surface area (Å²) in [5.74, 6) is 1.38. The summed E-state index contributed by atoms with van der Waals surface area (Å²) < 4.78 is 18.4. The van der Waals surface area contributed by atoms with Crippen LogP contribution in [0.15, 0.2) is 176 Å². The van der Waals surface area contributed by atoms with Crippen molar-refractivity contribution in [1.82, 2.24) is 19.5 Å². The fourth-order valence-electron chi connectivity index (χ4n) is 8.62. The number of aryl methyl sites for hydroxylation is 4. The van der Waals surface area contributed by atoms with Gasteiger partial charge in [-0.25, -0.2) is 19.3 Å². The van der Waals surface area contributed by atoms with E-state index in [1.165, 1.54) is 28.3 Å². The highest BCUT2D eigenvalue weighted by Gasteiger charge is 2.21. The summed E-state index contributed by atoms with van der Waals surface area (Å²) in [5.41, 5.74) is 16.0. The summed E-state index contributed by atoms with van der Waals surface area (Å²) in [6, 6.07) is 59.9. The summed E-state index contributed by atoms with van der Waals surface area (Å²) in [4.78, 5) is 15.2. The van der Waals surface area contributed by atoms with Gasteiger partial charge in [0.2, 0.25) is 0 Å². The largest absolute Gasteiger partial charge is 0.309 e. The van der Waals surface area contributed by atoms with E-state index in [0.29, 0.717) is 23.0 Å². The Bertz CT molecular complexity index is 3050. The van der Waals surface area contributed by atoms with Gasteiger partial charge in [-0.15, -0.1) is 0 Å². The van der Waals surface area contributed by atoms with Crippen LogP contribution in [0.3, 0.4) is 0 Å². The smallest absolute Gasteiger partial charge is 0.164 e. The van der Waals surface area contributed by atoms with E-state index in [1.54, 1.807) is 6.07 Å². The summed E-state index contributed by atoms with van der Waals surface area (Å²) in [6.07, 6.45) is 0. The van der Waals surface area contributed by atoms with Gasteiger partial charge in [0.25, 0.3) is 0 Å². The molecule has 8 aromatic carbocycles. The van der Waals surface area contributed by atoms with Crippen LogP contribution < -0.4 is 0 Å². The second-order valence-electron chi connectivity index (χ2n) is 15.8. The average Bonchev–Trinajstić information content (AvgIpc) is 3.59. The van der Waals surface area contributed by atoms with Gasteiger partial charge in [0.1, 0.15) is 5.82 Å². The molecule has 10 aromatic rings. The van der Waals surface area contributed by atoms with Crippen molar-refractivity contribution in [1.29, 1.82) is 0 Å². The maximum absolute atomic E-state index is 16.1. The zero-order valence-corrected chi connectivity index (χ0v) is 33.9. The molecule has 0 atom stereocenters. The van der Waals surface area contributed by atoms with E-state index in [4.69, 9.17) is 15.0 Å². The predicted octanol–water partition coefficient (Wildman–Crippen LogP) is 14.3. The summed E-state index contributed by atoms with van der Waals surface area (Å²) in [5, 5.41) is 2.21. The normalized spacial score (nSPS) is 11.4. The first-order valence-electron chi connectivity index (χ1n) is 20.3. The minimum Gasteiger partial charge on any atom is -0.309 e. The molecule has 10 rings (SSSR count). The second kappa shape index (κ2) is 15.0. The van der Waals surface area contributed by atoms with Crippen molar-refractivity contribution in [2.24, 2.45) is 0 Å². The highest BCUT2D eigenvalue weighted by Crippen LogP contribution is 2.42. The molecule has 0 fully saturated rings. The van der Waals surface area contributed by atoms with Crippen LogP contribution in [-0.4, -0.2) is 19.5 Å². The van der Waals surface area contributed by atoms with Gasteiger partial charge in [0.05, 0.1) is 16.7 Å². The van der Waals surface area contributed by atoms with Gasteiger partial charge in [-0.1, -0.05) is 174 Å². The highest BCUT2D eigenvalue weighted by molar-refractivity contribution is 6.12. The van der Waals surface area contributed by atoms with Crippen LogP contribution in [0.1, 0.15) is 22.3 Å². The van der Waals surface area contributed by atoms with Crippen molar-refractivity contribution in [3.63, 3.8) is 0 Å². The molecule has 60 heavy (non-hydrogen) atoms. The van der Waals surface area contributed by atoms with Gasteiger partial charge in [-0.3, -0.25) is 0 Å². The molecular formula is C55H41FN4. The molecule has 0 radical (unpaired) electrons. The summed E-state index contributed by atoms with van der Waals surface area (Å²) >= 11 is 0. The van der Waals surface area contributed by atoms with E-state index >= 15 is 4.39 Å². The first-order chi connectivity index (χ1) is 29.3. The van der Waals surface area contributed by atoms with Crippen molar-refractivity contribution in [3.05, 3.63) is 204 Å². The van der Waals surface area contributed by atoms with Crippen LogP contribution in [0.2, 0.25) is 0 Å². The van der Waals surface area contributed by atoms with Crippen LogP contribution in [0.4, 0.5) is 4.39 Å². The van der Waals surface area contributed by atoms with Crippen LogP contribution in [0.5, 0.6) is 0 Å². The molecule has 0 N–H and O–H groups in total. The monoisotopic (exact) mass is 776 g/mol. The molecule has 0 unspecified atom stereocenters. The minimum atomic E-state index is -0.294. The number of benzene rings is 8. The third-order valence-electron chi connectivity index (χ3n) is 11.2. The van der Waals surface area contributed by atoms with Crippen LogP contribution >= 0.6 is 0 Å². The number of rotatable bonds is 7. The van der Waals surface area contributed by atoms with Gasteiger partial charge in [0.15, 0.2) is 17.5 Å². The third kappa shape index (κ3) is 6.84. The Kier molecular flexibility index (Phi) is 9.22. The predicted molar refractivity (Wildman–Crippen MR) is 246 cm³/mol. The van der Waals surface area contributed by atoms with Crippen LogP contribution in [-0.2, 0) is 0 Å². The number of fused-ring (bicyclic) bond motifs is 3. The number of aromatic nitrogens is 4. The van der Waals surface area contributed by atoms with Gasteiger partial charge < -0.3 is 4.57 Å². The second-order valence-corrected chi connectivity index (χ2v) is 15.8. The molecular weight excluding hydrogens is 736 g/mol. The fraction of sp³-hybridized carbons (Fsp3) is 0.0727. The van der Waals surface area contributed by atoms with Crippen molar-refractivity contribution < 1.29 is 4.39 Å². The van der Waals surface area contributed by atoms with Gasteiger partial charge >= 0.3 is 0 Å². The first-order valence-corrected chi connectivity index (χ1v) is 20.3. The molecule has 0 saturated heterocycles. The molecule has 2 aromatic heterocycles. The van der Waals surface area contributed by atoms with Gasteiger partial charge in [0, 0.05) is 38.6 Å². The summed E-state index contributed by atoms with van der Waals surface area (Å²) in [7, 11) is 0. The number of nitrogens with zero attached hydrogens (tertiary/aromatic N) is 4. The number of halogens is 1. The molecule has 288 valence electrons. The Balaban J connectivity index is 1.29. The van der Waals surface area contributed by atoms with E-state index in [1.807, 2.05) is 84.9 Å². The fourth-order valence-corrected chi connectivity index (χ4v) is 8.62. The maximum atomic E-state index is 16.1. The summed E-state index contributed by atoms with van der Waals surface area (Å²) in [6.45, 7) is 8.56. The SMILES string of the molecule is Cc1cc(C)cc(-c2ccc3c4ccc(-c5cc(C)cc(C)c5)cc4n(-c4cc(-c5nc(-c6ccccc6)nc(-c6ccccc6)n5)ccc4-c4ccccc4F)c3c2)c1. The lowest BCUT2D eigenvalue weighted by Crippen LogP contribution is -2.03. The first kappa shape index (κ1) is 36.8. The zero-order valence-electron chi connectivity index (χ0n) is 33.9. The van der Waals surface area contributed by atoms with Crippen molar-refractivity contribution >= 4 is 21.8 Å². The Morgan fingerprint density at radius 3 is 1.27 bits per heavy atom. The lowest BCUT2D eigenvalue weighted by molar-refractivity contribution is 0.631. The van der Waals surface area contributed by atoms with Crippen LogP contribution in [0, 0.1) is 33.5 Å². The Morgan fingerprint density at radius 1 is 0.350 bits per heavy atom. The van der Waals surface area contributed by atoms with E-state index in [0.717, 1.165) is 72.0 Å². The van der Waals surface area contributed by atoms with Crippen LogP contribution in [0.25, 0.3) is 95.0 Å². The number of hydrogen-bond donors (Lipinski definition) is 0. The Morgan fingerprint density at radius 2 is 0.783 bits per heavy atom. The molecule has 4 nitrogen and oxygen atoms in total. The van der Waals surface area contributed by atoms with E-state index < -0.39 is 0 Å². The molecule has 0 saturated carbocycles. The zero-order chi connectivity index (χ0) is 40.9. The topological polar surface area (TPSA) is 43.6 Å². The lowest BCUT2D eigenvalue weighted by Gasteiger charge is -2.17. The van der Waals surface area contributed by atoms with Crippen molar-refractivity contribution in [3.8, 4) is 73.2 Å². The molecule has 0 aliphatic carbocycles. The van der Waals surface area contributed by atoms with Gasteiger partial charge in [-0.05, 0) is 74.2 Å². The Labute approximate surface area is 349 Å². The van der Waals surface area contributed by atoms with Crippen molar-refractivity contribution in [2.45, 2.75) is 27.7 Å². The van der Waals surface area contributed by atoms with E-state index in [-0.39, 0.29) is 5.82 Å².